The fourth-order valence-corrected chi connectivity index (χ4v) is 11.3. The minimum atomic E-state index is -10.7. The monoisotopic (exact) mass is 516 g/mol. The minimum absolute atomic E-state index is 0.738. The number of halogens is 6. The van der Waals surface area contributed by atoms with Gasteiger partial charge in [-0.1, -0.05) is 48.5 Å². The van der Waals surface area contributed by atoms with E-state index in [0.29, 0.717) is 0 Å². The number of rotatable bonds is 2. The molecule has 1 saturated carbocycles. The molecule has 0 bridgehead atoms. The predicted octanol–water partition coefficient (Wildman–Crippen LogP) is 9.50. The van der Waals surface area contributed by atoms with Crippen molar-refractivity contribution in [2.75, 3.05) is 0 Å². The zero-order valence-corrected chi connectivity index (χ0v) is 20.9. The molecule has 0 aromatic heterocycles. The summed E-state index contributed by atoms with van der Waals surface area (Å²) >= 11 is 0. The van der Waals surface area contributed by atoms with Crippen LogP contribution in [0.4, 0.5) is 25.2 Å². The molecular weight excluding hydrogens is 488 g/mol. The summed E-state index contributed by atoms with van der Waals surface area (Å²) in [6.45, 7) is 4.63. The van der Waals surface area contributed by atoms with Crippen LogP contribution in [0, 0.1) is 13.8 Å². The second-order valence-corrected chi connectivity index (χ2v) is 15.0. The summed E-state index contributed by atoms with van der Waals surface area (Å²) in [7, 11) is -12.1. The molecule has 1 aliphatic heterocycles. The topological polar surface area (TPSA) is 0 Å². The molecule has 0 N–H and O–H groups in total. The molecule has 0 radical (unpaired) electrons. The van der Waals surface area contributed by atoms with Gasteiger partial charge in [-0.3, -0.25) is 0 Å². The maximum atomic E-state index is 9.87. The van der Waals surface area contributed by atoms with Crippen LogP contribution in [-0.4, -0.2) is 5.66 Å². The molecule has 2 unspecified atom stereocenters. The van der Waals surface area contributed by atoms with Gasteiger partial charge in [-0.05, 0) is 79.6 Å². The van der Waals surface area contributed by atoms with Gasteiger partial charge in [-0.15, -0.1) is 0 Å². The van der Waals surface area contributed by atoms with Gasteiger partial charge in [-0.25, -0.2) is 0 Å². The first-order valence-corrected chi connectivity index (χ1v) is 15.4. The van der Waals surface area contributed by atoms with Gasteiger partial charge in [-0.2, -0.15) is 0 Å². The van der Waals surface area contributed by atoms with E-state index in [9.17, 15) is 25.2 Å². The van der Waals surface area contributed by atoms with Crippen LogP contribution in [0.2, 0.25) is 0 Å². The van der Waals surface area contributed by atoms with E-state index in [-0.39, 0.29) is 0 Å². The van der Waals surface area contributed by atoms with Gasteiger partial charge in [0.05, 0.1) is 29.7 Å². The Kier molecular flexibility index (Phi) is 5.98. The van der Waals surface area contributed by atoms with Crippen molar-refractivity contribution in [2.24, 2.45) is 0 Å². The molecule has 0 amide bonds. The van der Waals surface area contributed by atoms with Gasteiger partial charge in [0.1, 0.15) is 0 Å². The SMILES string of the molecule is Cc1ccc2c(c1C)C[P+](c1ccccc1)(c1ccccc1)C1CCCC21.F[P-](F)(F)(F)(F)F. The Bertz CT molecular complexity index is 1120. The van der Waals surface area contributed by atoms with Crippen LogP contribution in [0.5, 0.6) is 0 Å². The van der Waals surface area contributed by atoms with Crippen molar-refractivity contribution in [1.29, 1.82) is 0 Å². The maximum absolute atomic E-state index is 10.7. The summed E-state index contributed by atoms with van der Waals surface area (Å²) in [6.07, 6.45) is 5.37. The molecule has 1 heterocycles. The number of benzene rings is 3. The Hall–Kier alpha value is -1.90. The summed E-state index contributed by atoms with van der Waals surface area (Å²) in [4.78, 5) is 0. The third-order valence-electron chi connectivity index (χ3n) is 7.19. The van der Waals surface area contributed by atoms with E-state index in [1.165, 1.54) is 36.6 Å². The average Bonchev–Trinajstić information content (AvgIpc) is 3.25. The first-order chi connectivity index (χ1) is 15.7. The van der Waals surface area contributed by atoms with E-state index in [1.807, 2.05) is 0 Å². The summed E-state index contributed by atoms with van der Waals surface area (Å²) < 4.78 is 59.2. The first-order valence-electron chi connectivity index (χ1n) is 11.3. The van der Waals surface area contributed by atoms with Crippen molar-refractivity contribution in [1.82, 2.24) is 0 Å². The van der Waals surface area contributed by atoms with Gasteiger partial charge in [0.2, 0.25) is 0 Å². The van der Waals surface area contributed by atoms with Gasteiger partial charge < -0.3 is 0 Å². The van der Waals surface area contributed by atoms with Crippen LogP contribution < -0.4 is 10.6 Å². The number of aryl methyl sites for hydroxylation is 1. The standard InChI is InChI=1S/C26H28P.F6P/c1-19-16-17-23-24-14-9-15-26(24)27(18-25(23)20(19)2,21-10-5-3-6-11-21)22-12-7-4-8-13-22;1-7(2,3,4,5)6/h3-8,10-13,16-17,24,26H,9,14-15,18H2,1-2H3;/q+1;-1. The molecule has 0 saturated heterocycles. The van der Waals surface area contributed by atoms with E-state index in [1.54, 1.807) is 21.7 Å². The first kappa shape index (κ1) is 25.2. The van der Waals surface area contributed by atoms with Crippen LogP contribution >= 0.6 is 15.1 Å². The average molecular weight is 516 g/mol. The molecule has 184 valence electrons. The van der Waals surface area contributed by atoms with Crippen molar-refractivity contribution >= 4 is 25.7 Å². The van der Waals surface area contributed by atoms with Crippen LogP contribution in [0.1, 0.15) is 47.4 Å². The Morgan fingerprint density at radius 1 is 0.706 bits per heavy atom. The predicted molar refractivity (Wildman–Crippen MR) is 133 cm³/mol. The molecule has 2 atom stereocenters. The summed E-state index contributed by atoms with van der Waals surface area (Å²) in [5.74, 6) is 0.738. The van der Waals surface area contributed by atoms with Crippen molar-refractivity contribution in [3.8, 4) is 0 Å². The van der Waals surface area contributed by atoms with E-state index in [0.717, 1.165) is 11.6 Å². The molecule has 1 aliphatic carbocycles. The second kappa shape index (κ2) is 8.07. The molecule has 0 nitrogen and oxygen atoms in total. The van der Waals surface area contributed by atoms with Gasteiger partial charge in [0.25, 0.3) is 0 Å². The molecular formula is C26H28F6P2. The van der Waals surface area contributed by atoms with Gasteiger partial charge in [0.15, 0.2) is 0 Å². The molecule has 5 rings (SSSR count). The van der Waals surface area contributed by atoms with Crippen molar-refractivity contribution in [2.45, 2.75) is 50.8 Å². The van der Waals surface area contributed by atoms with Crippen molar-refractivity contribution < 1.29 is 25.2 Å². The van der Waals surface area contributed by atoms with Crippen molar-refractivity contribution in [3.05, 3.63) is 95.1 Å². The molecule has 8 heteroatoms. The zero-order chi connectivity index (χ0) is 24.8. The van der Waals surface area contributed by atoms with Crippen molar-refractivity contribution in [3.63, 3.8) is 0 Å². The van der Waals surface area contributed by atoms with Gasteiger partial charge >= 0.3 is 33.0 Å². The Labute approximate surface area is 197 Å². The Morgan fingerprint density at radius 3 is 1.71 bits per heavy atom. The van der Waals surface area contributed by atoms with Crippen LogP contribution in [0.3, 0.4) is 0 Å². The summed E-state index contributed by atoms with van der Waals surface area (Å²) in [5, 5.41) is 3.22. The van der Waals surface area contributed by atoms with E-state index < -0.39 is 15.1 Å². The molecule has 1 fully saturated rings. The number of fused-ring (bicyclic) bond motifs is 3. The number of hydrogen-bond donors (Lipinski definition) is 0. The second-order valence-electron chi connectivity index (χ2n) is 9.34. The normalized spacial score (nSPS) is 22.9. The van der Waals surface area contributed by atoms with Gasteiger partial charge in [0, 0.05) is 5.92 Å². The fraction of sp³-hybridized carbons (Fsp3) is 0.308. The third-order valence-corrected chi connectivity index (χ3v) is 12.2. The van der Waals surface area contributed by atoms with Crippen LogP contribution in [-0.2, 0) is 6.16 Å². The number of hydrogen-bond acceptors (Lipinski definition) is 0. The molecule has 34 heavy (non-hydrogen) atoms. The molecule has 3 aromatic rings. The molecule has 2 aliphatic rings. The summed E-state index contributed by atoms with van der Waals surface area (Å²) in [5.41, 5.74) is 7.12. The zero-order valence-electron chi connectivity index (χ0n) is 19.1. The van der Waals surface area contributed by atoms with E-state index in [2.05, 4.69) is 86.6 Å². The molecule has 3 aromatic carbocycles. The van der Waals surface area contributed by atoms with E-state index in [4.69, 9.17) is 0 Å². The quantitative estimate of drug-likeness (QED) is 0.235. The third kappa shape index (κ3) is 5.50. The van der Waals surface area contributed by atoms with E-state index >= 15 is 0 Å². The fourth-order valence-electron chi connectivity index (χ4n) is 5.75. The Morgan fingerprint density at radius 2 is 1.21 bits per heavy atom. The summed E-state index contributed by atoms with van der Waals surface area (Å²) in [6, 6.07) is 27.9. The van der Waals surface area contributed by atoms with Crippen LogP contribution in [0.15, 0.2) is 72.8 Å². The molecule has 0 spiro atoms. The Balaban J connectivity index is 0.000000344. The van der Waals surface area contributed by atoms with Crippen LogP contribution in [0.25, 0.3) is 0 Å².